The Bertz CT molecular complexity index is 237. The van der Waals surface area contributed by atoms with Crippen LogP contribution in [0.15, 0.2) is 12.3 Å². The summed E-state index contributed by atoms with van der Waals surface area (Å²) in [4.78, 5) is 3.71. The minimum absolute atomic E-state index is 0.156. The summed E-state index contributed by atoms with van der Waals surface area (Å²) in [5.74, 6) is -0.408. The molecule has 0 spiro atoms. The van der Waals surface area contributed by atoms with Gasteiger partial charge in [0.1, 0.15) is 5.82 Å². The van der Waals surface area contributed by atoms with Crippen molar-refractivity contribution >= 4 is 0 Å². The van der Waals surface area contributed by atoms with Crippen LogP contribution in [0, 0.1) is 12.7 Å². The SMILES string of the molecule is Cc1ncc(F)cc1CO. The molecule has 1 N–H and O–H groups in total. The number of aliphatic hydroxyl groups excluding tert-OH is 1. The van der Waals surface area contributed by atoms with E-state index in [1.54, 1.807) is 6.92 Å². The molecule has 0 unspecified atom stereocenters. The normalized spacial score (nSPS) is 9.90. The van der Waals surface area contributed by atoms with Crippen molar-refractivity contribution in [3.63, 3.8) is 0 Å². The highest BCUT2D eigenvalue weighted by atomic mass is 19.1. The molecule has 0 saturated carbocycles. The van der Waals surface area contributed by atoms with Crippen LogP contribution in [0.25, 0.3) is 0 Å². The fraction of sp³-hybridized carbons (Fsp3) is 0.286. The molecule has 3 heteroatoms. The molecule has 54 valence electrons. The fourth-order valence-electron chi connectivity index (χ4n) is 0.710. The van der Waals surface area contributed by atoms with Crippen LogP contribution in [0.5, 0.6) is 0 Å². The Morgan fingerprint density at radius 1 is 1.70 bits per heavy atom. The number of pyridine rings is 1. The van der Waals surface area contributed by atoms with Gasteiger partial charge < -0.3 is 5.11 Å². The average Bonchev–Trinajstić information content (AvgIpc) is 1.94. The maximum absolute atomic E-state index is 12.4. The zero-order chi connectivity index (χ0) is 7.56. The Labute approximate surface area is 58.3 Å². The van der Waals surface area contributed by atoms with Crippen LogP contribution in [0.1, 0.15) is 11.3 Å². The van der Waals surface area contributed by atoms with E-state index < -0.39 is 5.82 Å². The molecule has 1 rings (SSSR count). The van der Waals surface area contributed by atoms with Gasteiger partial charge in [0.25, 0.3) is 0 Å². The van der Waals surface area contributed by atoms with Crippen molar-refractivity contribution in [1.29, 1.82) is 0 Å². The molecule has 2 nitrogen and oxygen atoms in total. The Morgan fingerprint density at radius 3 is 2.90 bits per heavy atom. The summed E-state index contributed by atoms with van der Waals surface area (Å²) in [5, 5.41) is 8.64. The van der Waals surface area contributed by atoms with Crippen LogP contribution in [0.2, 0.25) is 0 Å². The van der Waals surface area contributed by atoms with E-state index in [9.17, 15) is 4.39 Å². The molecule has 1 heterocycles. The lowest BCUT2D eigenvalue weighted by atomic mass is 10.2. The van der Waals surface area contributed by atoms with Gasteiger partial charge in [0.2, 0.25) is 0 Å². The van der Waals surface area contributed by atoms with Crippen LogP contribution in [-0.2, 0) is 6.61 Å². The Morgan fingerprint density at radius 2 is 2.40 bits per heavy atom. The predicted octanol–water partition coefficient (Wildman–Crippen LogP) is 1.02. The van der Waals surface area contributed by atoms with Gasteiger partial charge in [-0.3, -0.25) is 4.98 Å². The van der Waals surface area contributed by atoms with E-state index in [0.717, 1.165) is 6.20 Å². The molecule has 0 aliphatic heterocycles. The standard InChI is InChI=1S/C7H8FNO/c1-5-6(4-10)2-7(8)3-9-5/h2-3,10H,4H2,1H3. The molecule has 0 atom stereocenters. The zero-order valence-corrected chi connectivity index (χ0v) is 5.63. The maximum atomic E-state index is 12.4. The van der Waals surface area contributed by atoms with Crippen LogP contribution in [-0.4, -0.2) is 10.1 Å². The first-order valence-electron chi connectivity index (χ1n) is 2.96. The van der Waals surface area contributed by atoms with Gasteiger partial charge in [0, 0.05) is 11.3 Å². The summed E-state index contributed by atoms with van der Waals surface area (Å²) in [6.07, 6.45) is 1.13. The summed E-state index contributed by atoms with van der Waals surface area (Å²) >= 11 is 0. The monoisotopic (exact) mass is 141 g/mol. The first-order chi connectivity index (χ1) is 4.74. The molecule has 0 fully saturated rings. The summed E-state index contributed by atoms with van der Waals surface area (Å²) in [7, 11) is 0. The summed E-state index contributed by atoms with van der Waals surface area (Å²) in [6.45, 7) is 1.57. The van der Waals surface area contributed by atoms with Crippen LogP contribution < -0.4 is 0 Å². The second kappa shape index (κ2) is 2.75. The van der Waals surface area contributed by atoms with E-state index in [-0.39, 0.29) is 6.61 Å². The van der Waals surface area contributed by atoms with Crippen molar-refractivity contribution in [3.8, 4) is 0 Å². The highest BCUT2D eigenvalue weighted by Gasteiger charge is 1.98. The summed E-state index contributed by atoms with van der Waals surface area (Å²) < 4.78 is 12.4. The molecule has 0 aliphatic carbocycles. The molecule has 10 heavy (non-hydrogen) atoms. The van der Waals surface area contributed by atoms with E-state index in [4.69, 9.17) is 5.11 Å². The molecular weight excluding hydrogens is 133 g/mol. The fourth-order valence-corrected chi connectivity index (χ4v) is 0.710. The number of aryl methyl sites for hydroxylation is 1. The molecule has 1 aromatic heterocycles. The van der Waals surface area contributed by atoms with Gasteiger partial charge >= 0.3 is 0 Å². The molecule has 0 aliphatic rings. The van der Waals surface area contributed by atoms with Crippen LogP contribution >= 0.6 is 0 Å². The van der Waals surface area contributed by atoms with Crippen LogP contribution in [0.3, 0.4) is 0 Å². The Balaban J connectivity index is 3.09. The zero-order valence-electron chi connectivity index (χ0n) is 5.63. The topological polar surface area (TPSA) is 33.1 Å². The van der Waals surface area contributed by atoms with Crippen molar-refractivity contribution in [2.75, 3.05) is 0 Å². The van der Waals surface area contributed by atoms with Gasteiger partial charge in [-0.2, -0.15) is 0 Å². The summed E-state index contributed by atoms with van der Waals surface area (Å²) in [5.41, 5.74) is 1.21. The lowest BCUT2D eigenvalue weighted by molar-refractivity contribution is 0.279. The summed E-state index contributed by atoms with van der Waals surface area (Å²) in [6, 6.07) is 1.28. The van der Waals surface area contributed by atoms with Gasteiger partial charge in [-0.15, -0.1) is 0 Å². The number of hydrogen-bond acceptors (Lipinski definition) is 2. The minimum atomic E-state index is -0.408. The minimum Gasteiger partial charge on any atom is -0.392 e. The van der Waals surface area contributed by atoms with Gasteiger partial charge in [0.15, 0.2) is 0 Å². The molecule has 0 saturated heterocycles. The van der Waals surface area contributed by atoms with E-state index in [0.29, 0.717) is 11.3 Å². The largest absolute Gasteiger partial charge is 0.392 e. The Hall–Kier alpha value is -0.960. The maximum Gasteiger partial charge on any atom is 0.141 e. The third-order valence-electron chi connectivity index (χ3n) is 1.33. The number of hydrogen-bond donors (Lipinski definition) is 1. The second-order valence-corrected chi connectivity index (χ2v) is 2.06. The van der Waals surface area contributed by atoms with Gasteiger partial charge in [0.05, 0.1) is 12.8 Å². The van der Waals surface area contributed by atoms with Gasteiger partial charge in [-0.05, 0) is 13.0 Å². The van der Waals surface area contributed by atoms with E-state index in [1.165, 1.54) is 6.07 Å². The van der Waals surface area contributed by atoms with E-state index in [2.05, 4.69) is 4.98 Å². The van der Waals surface area contributed by atoms with Crippen molar-refractivity contribution < 1.29 is 9.50 Å². The van der Waals surface area contributed by atoms with Crippen LogP contribution in [0.4, 0.5) is 4.39 Å². The van der Waals surface area contributed by atoms with E-state index >= 15 is 0 Å². The third-order valence-corrected chi connectivity index (χ3v) is 1.33. The smallest absolute Gasteiger partial charge is 0.141 e. The van der Waals surface area contributed by atoms with Crippen molar-refractivity contribution in [2.45, 2.75) is 13.5 Å². The van der Waals surface area contributed by atoms with E-state index in [1.807, 2.05) is 0 Å². The predicted molar refractivity (Wildman–Crippen MR) is 34.9 cm³/mol. The molecule has 1 aromatic rings. The number of nitrogens with zero attached hydrogens (tertiary/aromatic N) is 1. The molecular formula is C7H8FNO. The van der Waals surface area contributed by atoms with Gasteiger partial charge in [-0.25, -0.2) is 4.39 Å². The average molecular weight is 141 g/mol. The van der Waals surface area contributed by atoms with Gasteiger partial charge in [-0.1, -0.05) is 0 Å². The first kappa shape index (κ1) is 7.15. The highest BCUT2D eigenvalue weighted by molar-refractivity contribution is 5.17. The molecule has 0 radical (unpaired) electrons. The number of aliphatic hydroxyl groups is 1. The third kappa shape index (κ3) is 1.30. The quantitative estimate of drug-likeness (QED) is 0.633. The Kier molecular flexibility index (Phi) is 1.97. The molecule has 0 amide bonds. The lowest BCUT2D eigenvalue weighted by Crippen LogP contribution is -1.92. The number of aromatic nitrogens is 1. The van der Waals surface area contributed by atoms with Crippen molar-refractivity contribution in [3.05, 3.63) is 29.3 Å². The highest BCUT2D eigenvalue weighted by Crippen LogP contribution is 2.05. The lowest BCUT2D eigenvalue weighted by Gasteiger charge is -1.98. The molecule has 0 bridgehead atoms. The molecule has 0 aromatic carbocycles. The van der Waals surface area contributed by atoms with Crippen molar-refractivity contribution in [1.82, 2.24) is 4.98 Å². The number of halogens is 1. The van der Waals surface area contributed by atoms with Crippen molar-refractivity contribution in [2.24, 2.45) is 0 Å². The second-order valence-electron chi connectivity index (χ2n) is 2.06. The first-order valence-corrected chi connectivity index (χ1v) is 2.96. The number of rotatable bonds is 1.